The first-order chi connectivity index (χ1) is 16.0. The van der Waals surface area contributed by atoms with E-state index in [1.807, 2.05) is 24.3 Å². The molecule has 2 amide bonds. The maximum absolute atomic E-state index is 13.5. The van der Waals surface area contributed by atoms with Crippen molar-refractivity contribution in [3.8, 4) is 22.7 Å². The zero-order chi connectivity index (χ0) is 23.4. The highest BCUT2D eigenvalue weighted by Gasteiger charge is 2.27. The van der Waals surface area contributed by atoms with Gasteiger partial charge in [0, 0.05) is 30.4 Å². The Balaban J connectivity index is 1.60. The molecule has 33 heavy (non-hydrogen) atoms. The molecule has 2 aromatic carbocycles. The van der Waals surface area contributed by atoms with E-state index >= 15 is 0 Å². The maximum Gasteiger partial charge on any atom is 0.246 e. The quantitative estimate of drug-likeness (QED) is 0.528. The molecule has 3 aromatic rings. The summed E-state index contributed by atoms with van der Waals surface area (Å²) in [7, 11) is 1.60. The smallest absolute Gasteiger partial charge is 0.246 e. The molecule has 0 aliphatic heterocycles. The van der Waals surface area contributed by atoms with Gasteiger partial charge in [-0.05, 0) is 67.3 Å². The van der Waals surface area contributed by atoms with Crippen molar-refractivity contribution in [2.24, 2.45) is 5.92 Å². The van der Waals surface area contributed by atoms with Crippen molar-refractivity contribution >= 4 is 17.8 Å². The van der Waals surface area contributed by atoms with E-state index in [0.29, 0.717) is 36.2 Å². The summed E-state index contributed by atoms with van der Waals surface area (Å²) in [6.45, 7) is 2.36. The third kappa shape index (κ3) is 5.58. The number of benzene rings is 2. The van der Waals surface area contributed by atoms with Crippen LogP contribution in [0.1, 0.15) is 26.2 Å². The second-order valence-electron chi connectivity index (χ2n) is 8.14. The number of nitrogens with one attached hydrogen (secondary N) is 1. The number of imidazole rings is 1. The fourth-order valence-electron chi connectivity index (χ4n) is 3.60. The van der Waals surface area contributed by atoms with Crippen LogP contribution in [0.25, 0.3) is 16.9 Å². The number of hydrogen-bond acceptors (Lipinski definition) is 4. The van der Waals surface area contributed by atoms with E-state index < -0.39 is 0 Å². The Morgan fingerprint density at radius 2 is 1.85 bits per heavy atom. The normalized spacial score (nSPS) is 12.9. The number of carbonyl (C=O) groups excluding carboxylic acids is 2. The number of hydrogen-bond donors (Lipinski definition) is 1. The van der Waals surface area contributed by atoms with Gasteiger partial charge in [0.15, 0.2) is 0 Å². The molecular weight excluding hydrogens is 423 g/mol. The van der Waals surface area contributed by atoms with Gasteiger partial charge in [0.25, 0.3) is 0 Å². The average Bonchev–Trinajstić information content (AvgIpc) is 3.56. The topological polar surface area (TPSA) is 76.5 Å². The fourth-order valence-corrected chi connectivity index (χ4v) is 3.60. The van der Waals surface area contributed by atoms with Crippen LogP contribution in [0.3, 0.4) is 0 Å². The van der Waals surface area contributed by atoms with Crippen LogP contribution in [0.4, 0.5) is 10.3 Å². The highest BCUT2D eigenvalue weighted by atomic mass is 19.1. The summed E-state index contributed by atoms with van der Waals surface area (Å²) in [5, 5.41) is 2.84. The lowest BCUT2D eigenvalue weighted by Crippen LogP contribution is -2.39. The number of carbonyl (C=O) groups is 2. The van der Waals surface area contributed by atoms with E-state index in [2.05, 4.69) is 10.3 Å². The van der Waals surface area contributed by atoms with Crippen LogP contribution in [0, 0.1) is 11.7 Å². The van der Waals surface area contributed by atoms with E-state index in [1.54, 1.807) is 41.8 Å². The van der Waals surface area contributed by atoms with Gasteiger partial charge in [-0.1, -0.05) is 6.92 Å². The fraction of sp³-hybridized carbons (Fsp3) is 0.320. The molecule has 172 valence electrons. The maximum atomic E-state index is 13.5. The van der Waals surface area contributed by atoms with Crippen molar-refractivity contribution in [1.29, 1.82) is 0 Å². The molecule has 1 heterocycles. The molecule has 0 atom stereocenters. The molecule has 0 spiro atoms. The van der Waals surface area contributed by atoms with Crippen molar-refractivity contribution in [1.82, 2.24) is 14.5 Å². The summed E-state index contributed by atoms with van der Waals surface area (Å²) in [6, 6.07) is 13.3. The Morgan fingerprint density at radius 3 is 2.45 bits per heavy atom. The van der Waals surface area contributed by atoms with Gasteiger partial charge in [0.2, 0.25) is 17.8 Å². The monoisotopic (exact) mass is 450 g/mol. The van der Waals surface area contributed by atoms with Crippen molar-refractivity contribution in [3.63, 3.8) is 0 Å². The average molecular weight is 451 g/mol. The van der Waals surface area contributed by atoms with E-state index in [-0.39, 0.29) is 24.2 Å². The zero-order valence-electron chi connectivity index (χ0n) is 18.8. The van der Waals surface area contributed by atoms with E-state index in [1.165, 1.54) is 12.1 Å². The molecule has 1 aliphatic carbocycles. The molecule has 1 aromatic heterocycles. The van der Waals surface area contributed by atoms with Crippen LogP contribution < -0.4 is 10.1 Å². The third-order valence-corrected chi connectivity index (χ3v) is 5.61. The Labute approximate surface area is 192 Å². The molecule has 4 rings (SSSR count). The Bertz CT molecular complexity index is 1120. The van der Waals surface area contributed by atoms with Gasteiger partial charge < -0.3 is 9.64 Å². The molecule has 7 nitrogen and oxygen atoms in total. The molecular formula is C25H27FN4O3. The van der Waals surface area contributed by atoms with Crippen LogP contribution in [0.2, 0.25) is 0 Å². The highest BCUT2D eigenvalue weighted by molar-refractivity contribution is 5.93. The van der Waals surface area contributed by atoms with Crippen LogP contribution in [0.15, 0.2) is 54.7 Å². The number of anilines is 1. The van der Waals surface area contributed by atoms with Gasteiger partial charge in [0.05, 0.1) is 19.3 Å². The minimum atomic E-state index is -0.353. The van der Waals surface area contributed by atoms with E-state index in [0.717, 1.165) is 24.2 Å². The summed E-state index contributed by atoms with van der Waals surface area (Å²) < 4.78 is 20.4. The number of rotatable bonds is 9. The highest BCUT2D eigenvalue weighted by Crippen LogP contribution is 2.30. The van der Waals surface area contributed by atoms with Crippen molar-refractivity contribution in [2.45, 2.75) is 26.2 Å². The second kappa shape index (κ2) is 9.85. The lowest BCUT2D eigenvalue weighted by atomic mass is 10.1. The molecule has 0 bridgehead atoms. The number of halogens is 1. The predicted octanol–water partition coefficient (Wildman–Crippen LogP) is 4.27. The molecule has 8 heteroatoms. The molecule has 1 aliphatic rings. The number of ether oxygens (including phenoxy) is 1. The zero-order valence-corrected chi connectivity index (χ0v) is 18.8. The first-order valence-corrected chi connectivity index (χ1v) is 11.0. The molecule has 0 unspecified atom stereocenters. The van der Waals surface area contributed by atoms with Crippen LogP contribution >= 0.6 is 0 Å². The minimum absolute atomic E-state index is 0.0304. The van der Waals surface area contributed by atoms with Gasteiger partial charge >= 0.3 is 0 Å². The minimum Gasteiger partial charge on any atom is -0.497 e. The largest absolute Gasteiger partial charge is 0.497 e. The van der Waals surface area contributed by atoms with Crippen LogP contribution in [-0.2, 0) is 9.59 Å². The summed E-state index contributed by atoms with van der Waals surface area (Å²) in [4.78, 5) is 31.4. The predicted molar refractivity (Wildman–Crippen MR) is 124 cm³/mol. The molecule has 1 fully saturated rings. The Kier molecular flexibility index (Phi) is 6.72. The number of amides is 2. The lowest BCUT2D eigenvalue weighted by Gasteiger charge is -2.21. The van der Waals surface area contributed by atoms with Crippen LogP contribution in [0.5, 0.6) is 5.75 Å². The van der Waals surface area contributed by atoms with E-state index in [4.69, 9.17) is 4.74 Å². The third-order valence-electron chi connectivity index (χ3n) is 5.61. The first-order valence-electron chi connectivity index (χ1n) is 11.0. The summed E-state index contributed by atoms with van der Waals surface area (Å²) in [5.74, 6) is 0.782. The summed E-state index contributed by atoms with van der Waals surface area (Å²) >= 11 is 0. The molecule has 1 N–H and O–H groups in total. The molecule has 1 saturated carbocycles. The summed E-state index contributed by atoms with van der Waals surface area (Å²) in [5.41, 5.74) is 2.12. The first kappa shape index (κ1) is 22.5. The number of nitrogens with zero attached hydrogens (tertiary/aromatic N) is 3. The number of methoxy groups -OCH3 is 1. The molecule has 0 saturated heterocycles. The van der Waals surface area contributed by atoms with Crippen molar-refractivity contribution in [3.05, 3.63) is 60.5 Å². The standard InChI is InChI=1S/C25H27FN4O3/c1-3-24(32)29(14-17-4-5-17)16-23(31)28-25-27-22(18-6-12-21(33-2)13-7-18)15-30(25)20-10-8-19(26)9-11-20/h6-13,15,17H,3-5,14,16H2,1-2H3,(H,27,28,31). The van der Waals surface area contributed by atoms with Crippen molar-refractivity contribution < 1.29 is 18.7 Å². The Morgan fingerprint density at radius 1 is 1.15 bits per heavy atom. The van der Waals surface area contributed by atoms with Crippen molar-refractivity contribution in [2.75, 3.05) is 25.5 Å². The lowest BCUT2D eigenvalue weighted by molar-refractivity contribution is -0.134. The van der Waals surface area contributed by atoms with Gasteiger partial charge in [-0.25, -0.2) is 9.37 Å². The SMILES string of the molecule is CCC(=O)N(CC(=O)Nc1nc(-c2ccc(OC)cc2)cn1-c1ccc(F)cc1)CC1CC1. The van der Waals surface area contributed by atoms with Gasteiger partial charge in [0.1, 0.15) is 11.6 Å². The molecule has 0 radical (unpaired) electrons. The van der Waals surface area contributed by atoms with E-state index in [9.17, 15) is 14.0 Å². The van der Waals surface area contributed by atoms with Gasteiger partial charge in [-0.2, -0.15) is 0 Å². The van der Waals surface area contributed by atoms with Gasteiger partial charge in [-0.15, -0.1) is 0 Å². The number of aromatic nitrogens is 2. The Hall–Kier alpha value is -3.68. The van der Waals surface area contributed by atoms with Gasteiger partial charge in [-0.3, -0.25) is 19.5 Å². The second-order valence-corrected chi connectivity index (χ2v) is 8.14. The summed E-state index contributed by atoms with van der Waals surface area (Å²) in [6.07, 6.45) is 4.32. The van der Waals surface area contributed by atoms with Crippen LogP contribution in [-0.4, -0.2) is 46.5 Å².